The number of ketones is 1. The molecule has 0 aromatic heterocycles. The monoisotopic (exact) mass is 365 g/mol. The molecule has 3 aliphatic rings. The zero-order valence-corrected chi connectivity index (χ0v) is 14.2. The molecule has 118 valence electrons. The molecule has 1 saturated carbocycles. The molecule has 4 rings (SSSR count). The fourth-order valence-electron chi connectivity index (χ4n) is 5.03. The Morgan fingerprint density at radius 1 is 1.50 bits per heavy atom. The smallest absolute Gasteiger partial charge is 0.161 e. The zero-order chi connectivity index (χ0) is 15.5. The summed E-state index contributed by atoms with van der Waals surface area (Å²) in [6.07, 6.45) is 3.94. The molecule has 3 atom stereocenters. The molecule has 2 fully saturated rings. The Morgan fingerprint density at radius 3 is 3.09 bits per heavy atom. The second-order valence-electron chi connectivity index (χ2n) is 6.79. The molecule has 1 aromatic carbocycles. The summed E-state index contributed by atoms with van der Waals surface area (Å²) in [5, 5.41) is 14.4. The van der Waals surface area contributed by atoms with Gasteiger partial charge in [-0.2, -0.15) is 0 Å². The summed E-state index contributed by atoms with van der Waals surface area (Å²) in [7, 11) is 1.57. The van der Waals surface area contributed by atoms with Crippen LogP contribution < -0.4 is 10.1 Å². The first-order valence-electron chi connectivity index (χ1n) is 7.90. The van der Waals surface area contributed by atoms with Crippen LogP contribution in [0.5, 0.6) is 11.5 Å². The van der Waals surface area contributed by atoms with E-state index in [4.69, 9.17) is 4.74 Å². The van der Waals surface area contributed by atoms with E-state index in [-0.39, 0.29) is 11.2 Å². The van der Waals surface area contributed by atoms with Crippen LogP contribution in [0.3, 0.4) is 0 Å². The number of Topliss-reactive ketones (excluding diaryl/α,β-unsaturated/α-hetero) is 1. The van der Waals surface area contributed by atoms with E-state index >= 15 is 0 Å². The summed E-state index contributed by atoms with van der Waals surface area (Å²) >= 11 is 3.64. The van der Waals surface area contributed by atoms with Crippen molar-refractivity contribution >= 4 is 21.7 Å². The highest BCUT2D eigenvalue weighted by atomic mass is 79.9. The number of ether oxygens (including phenoxy) is 1. The number of methoxy groups -OCH3 is 1. The van der Waals surface area contributed by atoms with E-state index in [0.717, 1.165) is 41.4 Å². The maximum atomic E-state index is 12.2. The van der Waals surface area contributed by atoms with Crippen LogP contribution in [0.1, 0.15) is 36.8 Å². The lowest BCUT2D eigenvalue weighted by atomic mass is 9.52. The minimum atomic E-state index is -0.222. The number of carbonyl (C=O) groups excluding carboxylic acids is 1. The van der Waals surface area contributed by atoms with Gasteiger partial charge in [-0.25, -0.2) is 0 Å². The third-order valence-electron chi connectivity index (χ3n) is 5.88. The maximum absolute atomic E-state index is 12.2. The van der Waals surface area contributed by atoms with Gasteiger partial charge in [0.05, 0.1) is 7.11 Å². The Balaban J connectivity index is 1.99. The van der Waals surface area contributed by atoms with Crippen molar-refractivity contribution in [2.45, 2.75) is 43.6 Å². The zero-order valence-electron chi connectivity index (χ0n) is 12.6. The van der Waals surface area contributed by atoms with Crippen LogP contribution >= 0.6 is 15.9 Å². The third kappa shape index (κ3) is 1.81. The topological polar surface area (TPSA) is 58.6 Å². The highest BCUT2D eigenvalue weighted by Gasteiger charge is 2.55. The van der Waals surface area contributed by atoms with Gasteiger partial charge < -0.3 is 15.2 Å². The van der Waals surface area contributed by atoms with E-state index in [0.29, 0.717) is 36.3 Å². The average Bonchev–Trinajstić information content (AvgIpc) is 2.49. The number of hydrogen-bond donors (Lipinski definition) is 2. The van der Waals surface area contributed by atoms with Gasteiger partial charge in [-0.3, -0.25) is 4.79 Å². The normalized spacial score (nSPS) is 33.1. The molecular weight excluding hydrogens is 346 g/mol. The summed E-state index contributed by atoms with van der Waals surface area (Å²) in [5.74, 6) is 1.48. The maximum Gasteiger partial charge on any atom is 0.161 e. The summed E-state index contributed by atoms with van der Waals surface area (Å²) in [5.41, 5.74) is 1.89. The van der Waals surface area contributed by atoms with Gasteiger partial charge in [-0.1, -0.05) is 15.9 Å². The number of rotatable bonds is 1. The number of benzene rings is 1. The Morgan fingerprint density at radius 2 is 2.32 bits per heavy atom. The van der Waals surface area contributed by atoms with Gasteiger partial charge in [-0.05, 0) is 43.4 Å². The van der Waals surface area contributed by atoms with Crippen LogP contribution in [0.15, 0.2) is 10.5 Å². The van der Waals surface area contributed by atoms with Crippen LogP contribution in [-0.2, 0) is 16.6 Å². The van der Waals surface area contributed by atoms with Crippen molar-refractivity contribution in [1.29, 1.82) is 0 Å². The Kier molecular flexibility index (Phi) is 3.28. The number of piperidine rings is 1. The second kappa shape index (κ2) is 4.96. The average molecular weight is 366 g/mol. The lowest BCUT2D eigenvalue weighted by Crippen LogP contribution is -2.60. The van der Waals surface area contributed by atoms with Gasteiger partial charge in [-0.15, -0.1) is 0 Å². The SMILES string of the molecule is COc1cc(Br)c2c(c1O)[C@]13CCN[C@H](C2)[C@@H]1CCC(=O)C3. The Bertz CT molecular complexity index is 660. The number of nitrogens with one attached hydrogen (secondary N) is 1. The van der Waals surface area contributed by atoms with Crippen LogP contribution in [0, 0.1) is 5.92 Å². The standard InChI is InChI=1S/C17H20BrNO3/c1-22-14-7-12(18)10-6-13-11-3-2-9(20)8-17(11,4-5-19-13)15(10)16(14)21/h7,11,13,19,21H,2-6,8H2,1H3/t11-,13+,17-/m0/s1. The largest absolute Gasteiger partial charge is 0.504 e. The molecule has 0 spiro atoms. The summed E-state index contributed by atoms with van der Waals surface area (Å²) < 4.78 is 6.33. The van der Waals surface area contributed by atoms with E-state index in [9.17, 15) is 9.90 Å². The van der Waals surface area contributed by atoms with Crippen molar-refractivity contribution in [1.82, 2.24) is 5.32 Å². The lowest BCUT2D eigenvalue weighted by Gasteiger charge is -2.55. The van der Waals surface area contributed by atoms with Crippen molar-refractivity contribution in [2.75, 3.05) is 13.7 Å². The quantitative estimate of drug-likeness (QED) is 0.803. The van der Waals surface area contributed by atoms with Crippen LogP contribution in [0.4, 0.5) is 0 Å². The Hall–Kier alpha value is -1.07. The van der Waals surface area contributed by atoms with Gasteiger partial charge in [0, 0.05) is 34.3 Å². The molecule has 0 unspecified atom stereocenters. The molecule has 2 bridgehead atoms. The number of fused-ring (bicyclic) bond motifs is 1. The van der Waals surface area contributed by atoms with Crippen LogP contribution in [-0.4, -0.2) is 30.6 Å². The van der Waals surface area contributed by atoms with E-state index in [1.54, 1.807) is 7.11 Å². The molecule has 1 heterocycles. The first-order valence-corrected chi connectivity index (χ1v) is 8.70. The third-order valence-corrected chi connectivity index (χ3v) is 6.59. The Labute approximate surface area is 138 Å². The van der Waals surface area contributed by atoms with E-state index in [2.05, 4.69) is 21.2 Å². The molecule has 1 saturated heterocycles. The number of aromatic hydroxyl groups is 1. The number of phenols is 1. The first-order chi connectivity index (χ1) is 10.6. The van der Waals surface area contributed by atoms with Crippen molar-refractivity contribution in [3.8, 4) is 11.5 Å². The van der Waals surface area contributed by atoms with Gasteiger partial charge in [0.25, 0.3) is 0 Å². The molecule has 4 nitrogen and oxygen atoms in total. The molecule has 2 N–H and O–H groups in total. The van der Waals surface area contributed by atoms with Crippen molar-refractivity contribution < 1.29 is 14.6 Å². The molecule has 5 heteroatoms. The minimum absolute atomic E-state index is 0.222. The predicted octanol–water partition coefficient (Wildman–Crippen LogP) is 2.69. The molecule has 1 aromatic rings. The highest BCUT2D eigenvalue weighted by Crippen LogP contribution is 2.58. The molecule has 0 radical (unpaired) electrons. The molecule has 1 aliphatic heterocycles. The lowest BCUT2D eigenvalue weighted by molar-refractivity contribution is -0.125. The molecule has 2 aliphatic carbocycles. The summed E-state index contributed by atoms with van der Waals surface area (Å²) in [4.78, 5) is 12.2. The van der Waals surface area contributed by atoms with Gasteiger partial charge in [0.2, 0.25) is 0 Å². The van der Waals surface area contributed by atoms with Gasteiger partial charge in [0.15, 0.2) is 11.5 Å². The summed E-state index contributed by atoms with van der Waals surface area (Å²) in [6, 6.07) is 2.24. The first kappa shape index (κ1) is 14.5. The van der Waals surface area contributed by atoms with E-state index in [1.807, 2.05) is 6.07 Å². The fourth-order valence-corrected chi connectivity index (χ4v) is 5.60. The van der Waals surface area contributed by atoms with Gasteiger partial charge >= 0.3 is 0 Å². The van der Waals surface area contributed by atoms with Crippen molar-refractivity contribution in [2.24, 2.45) is 5.92 Å². The number of phenolic OH excluding ortho intramolecular Hbond substituents is 1. The fraction of sp³-hybridized carbons (Fsp3) is 0.588. The van der Waals surface area contributed by atoms with E-state index in [1.165, 1.54) is 0 Å². The minimum Gasteiger partial charge on any atom is -0.504 e. The van der Waals surface area contributed by atoms with Gasteiger partial charge in [0.1, 0.15) is 5.78 Å². The molecule has 22 heavy (non-hydrogen) atoms. The summed E-state index contributed by atoms with van der Waals surface area (Å²) in [6.45, 7) is 0.905. The van der Waals surface area contributed by atoms with E-state index < -0.39 is 0 Å². The predicted molar refractivity (Wildman–Crippen MR) is 86.5 cm³/mol. The van der Waals surface area contributed by atoms with Crippen LogP contribution in [0.25, 0.3) is 0 Å². The van der Waals surface area contributed by atoms with Crippen molar-refractivity contribution in [3.05, 3.63) is 21.7 Å². The van der Waals surface area contributed by atoms with Crippen LogP contribution in [0.2, 0.25) is 0 Å². The number of hydrogen-bond acceptors (Lipinski definition) is 4. The highest BCUT2D eigenvalue weighted by molar-refractivity contribution is 9.10. The molecular formula is C17H20BrNO3. The molecule has 0 amide bonds. The van der Waals surface area contributed by atoms with Crippen molar-refractivity contribution in [3.63, 3.8) is 0 Å². The second-order valence-corrected chi connectivity index (χ2v) is 7.65. The number of carbonyl (C=O) groups is 1. The number of halogens is 1.